The molecular weight excluding hydrogens is 295 g/mol. The van der Waals surface area contributed by atoms with Gasteiger partial charge in [-0.15, -0.1) is 0 Å². The molecule has 0 aliphatic heterocycles. The fourth-order valence-corrected chi connectivity index (χ4v) is 3.68. The van der Waals surface area contributed by atoms with E-state index in [1.165, 1.54) is 25.7 Å². The predicted molar refractivity (Wildman–Crippen MR) is 81.1 cm³/mol. The van der Waals surface area contributed by atoms with Gasteiger partial charge in [-0.3, -0.25) is 4.79 Å². The monoisotopic (exact) mass is 310 g/mol. The molecule has 0 bridgehead atoms. The summed E-state index contributed by atoms with van der Waals surface area (Å²) in [5, 5.41) is 5.10. The minimum Gasteiger partial charge on any atom is -0.273 e. The molecule has 3 nitrogen and oxygen atoms in total. The number of halogens is 2. The minimum atomic E-state index is 0.0447. The van der Waals surface area contributed by atoms with Gasteiger partial charge in [0.2, 0.25) is 5.91 Å². The van der Waals surface area contributed by atoms with Gasteiger partial charge in [0.05, 0.1) is 11.2 Å². The van der Waals surface area contributed by atoms with Gasteiger partial charge in [-0.1, -0.05) is 42.1 Å². The van der Waals surface area contributed by atoms with Crippen molar-refractivity contribution in [3.8, 4) is 0 Å². The van der Waals surface area contributed by atoms with Gasteiger partial charge >= 0.3 is 0 Å². The summed E-state index contributed by atoms with van der Waals surface area (Å²) in [6.07, 6.45) is 6.46. The van der Waals surface area contributed by atoms with E-state index in [9.17, 15) is 4.79 Å². The van der Waals surface area contributed by atoms with Gasteiger partial charge < -0.3 is 0 Å². The zero-order valence-electron chi connectivity index (χ0n) is 11.0. The van der Waals surface area contributed by atoms with Crippen LogP contribution in [0.25, 0.3) is 0 Å². The van der Waals surface area contributed by atoms with E-state index in [-0.39, 0.29) is 11.8 Å². The van der Waals surface area contributed by atoms with Gasteiger partial charge in [0, 0.05) is 16.5 Å². The third-order valence-corrected chi connectivity index (χ3v) is 4.86. The van der Waals surface area contributed by atoms with Gasteiger partial charge in [-0.05, 0) is 36.8 Å². The molecular formula is C15H16Cl2N2O. The Balaban J connectivity index is 1.56. The summed E-state index contributed by atoms with van der Waals surface area (Å²) in [6, 6.07) is 5.17. The van der Waals surface area contributed by atoms with E-state index in [1.54, 1.807) is 24.4 Å². The van der Waals surface area contributed by atoms with Crippen LogP contribution in [-0.4, -0.2) is 12.1 Å². The average molecular weight is 311 g/mol. The molecule has 3 atom stereocenters. The number of rotatable bonds is 3. The molecule has 20 heavy (non-hydrogen) atoms. The molecule has 106 valence electrons. The van der Waals surface area contributed by atoms with Gasteiger partial charge in [-0.25, -0.2) is 5.43 Å². The summed E-state index contributed by atoms with van der Waals surface area (Å²) in [4.78, 5) is 12.0. The second-order valence-electron chi connectivity index (χ2n) is 5.54. The lowest BCUT2D eigenvalue weighted by molar-refractivity contribution is -0.122. The van der Waals surface area contributed by atoms with E-state index < -0.39 is 0 Å². The van der Waals surface area contributed by atoms with Gasteiger partial charge in [-0.2, -0.15) is 5.10 Å². The quantitative estimate of drug-likeness (QED) is 0.668. The number of hydrogen-bond acceptors (Lipinski definition) is 2. The Labute approximate surface area is 128 Å². The lowest BCUT2D eigenvalue weighted by Gasteiger charge is -2.04. The standard InChI is InChI=1S/C15H16Cl2N2O/c16-10-6-5-9(13(17)7-10)8-18-19-15(20)14-11-3-1-2-4-12(11)14/h5-8,11-12,14H,1-4H2,(H,19,20)/t11-,12+,14?. The molecule has 3 rings (SSSR count). The molecule has 1 unspecified atom stereocenters. The fourth-order valence-electron chi connectivity index (χ4n) is 3.23. The van der Waals surface area contributed by atoms with Crippen molar-refractivity contribution >= 4 is 35.3 Å². The van der Waals surface area contributed by atoms with E-state index in [0.29, 0.717) is 21.9 Å². The molecule has 1 aromatic rings. The summed E-state index contributed by atoms with van der Waals surface area (Å²) in [5.74, 6) is 1.41. The Bertz CT molecular complexity index is 547. The lowest BCUT2D eigenvalue weighted by atomic mass is 10.0. The highest BCUT2D eigenvalue weighted by Crippen LogP contribution is 2.55. The smallest absolute Gasteiger partial charge is 0.243 e. The Morgan fingerprint density at radius 3 is 2.60 bits per heavy atom. The fraction of sp³-hybridized carbons (Fsp3) is 0.467. The number of nitrogens with one attached hydrogen (secondary N) is 1. The van der Waals surface area contributed by atoms with Crippen LogP contribution >= 0.6 is 23.2 Å². The first-order valence-electron chi connectivity index (χ1n) is 6.95. The SMILES string of the molecule is O=C(NN=Cc1ccc(Cl)cc1Cl)C1[C@H]2CCCC[C@@H]12. The second-order valence-corrected chi connectivity index (χ2v) is 6.38. The van der Waals surface area contributed by atoms with Crippen LogP contribution in [-0.2, 0) is 4.79 Å². The van der Waals surface area contributed by atoms with E-state index in [1.807, 2.05) is 0 Å². The zero-order valence-corrected chi connectivity index (χ0v) is 12.5. The molecule has 0 saturated heterocycles. The summed E-state index contributed by atoms with van der Waals surface area (Å²) in [5.41, 5.74) is 3.37. The minimum absolute atomic E-state index is 0.0447. The van der Waals surface area contributed by atoms with Crippen LogP contribution < -0.4 is 5.43 Å². The molecule has 1 amide bonds. The number of hydrazone groups is 1. The average Bonchev–Trinajstić information content (AvgIpc) is 3.15. The number of benzene rings is 1. The van der Waals surface area contributed by atoms with Crippen LogP contribution in [0.2, 0.25) is 10.0 Å². The Kier molecular flexibility index (Phi) is 3.99. The third kappa shape index (κ3) is 2.84. The van der Waals surface area contributed by atoms with E-state index in [0.717, 1.165) is 5.56 Å². The highest BCUT2D eigenvalue weighted by atomic mass is 35.5. The molecule has 1 aromatic carbocycles. The third-order valence-electron chi connectivity index (χ3n) is 4.30. The van der Waals surface area contributed by atoms with Crippen LogP contribution in [0.5, 0.6) is 0 Å². The van der Waals surface area contributed by atoms with Crippen molar-refractivity contribution in [1.82, 2.24) is 5.43 Å². The van der Waals surface area contributed by atoms with Crippen molar-refractivity contribution in [2.45, 2.75) is 25.7 Å². The molecule has 0 radical (unpaired) electrons. The van der Waals surface area contributed by atoms with Crippen molar-refractivity contribution < 1.29 is 4.79 Å². The van der Waals surface area contributed by atoms with Gasteiger partial charge in [0.15, 0.2) is 0 Å². The van der Waals surface area contributed by atoms with Gasteiger partial charge in [0.1, 0.15) is 0 Å². The van der Waals surface area contributed by atoms with Crippen LogP contribution in [0.4, 0.5) is 0 Å². The van der Waals surface area contributed by atoms with Crippen molar-refractivity contribution in [2.24, 2.45) is 22.9 Å². The van der Waals surface area contributed by atoms with E-state index in [4.69, 9.17) is 23.2 Å². The van der Waals surface area contributed by atoms with Crippen molar-refractivity contribution in [2.75, 3.05) is 0 Å². The molecule has 0 spiro atoms. The maximum absolute atomic E-state index is 12.0. The van der Waals surface area contributed by atoms with Crippen molar-refractivity contribution in [1.29, 1.82) is 0 Å². The van der Waals surface area contributed by atoms with Gasteiger partial charge in [0.25, 0.3) is 0 Å². The molecule has 2 fully saturated rings. The molecule has 2 aliphatic carbocycles. The summed E-state index contributed by atoms with van der Waals surface area (Å²) in [7, 11) is 0. The molecule has 2 aliphatic rings. The second kappa shape index (κ2) is 5.74. The zero-order chi connectivity index (χ0) is 14.1. The first-order chi connectivity index (χ1) is 9.66. The Morgan fingerprint density at radius 2 is 1.95 bits per heavy atom. The highest BCUT2D eigenvalue weighted by molar-refractivity contribution is 6.36. The highest BCUT2D eigenvalue weighted by Gasteiger charge is 2.54. The number of fused-ring (bicyclic) bond motifs is 1. The number of carbonyl (C=O) groups excluding carboxylic acids is 1. The number of carbonyl (C=O) groups is 1. The first-order valence-corrected chi connectivity index (χ1v) is 7.70. The molecule has 2 saturated carbocycles. The molecule has 1 N–H and O–H groups in total. The summed E-state index contributed by atoms with van der Waals surface area (Å²) >= 11 is 11.9. The van der Waals surface area contributed by atoms with E-state index in [2.05, 4.69) is 10.5 Å². The first kappa shape index (κ1) is 13.9. The number of amides is 1. The number of nitrogens with zero attached hydrogens (tertiary/aromatic N) is 1. The van der Waals surface area contributed by atoms with Crippen LogP contribution in [0.1, 0.15) is 31.2 Å². The maximum atomic E-state index is 12.0. The van der Waals surface area contributed by atoms with Crippen molar-refractivity contribution in [3.05, 3.63) is 33.8 Å². The lowest BCUT2D eigenvalue weighted by Crippen LogP contribution is -2.20. The van der Waals surface area contributed by atoms with Crippen molar-refractivity contribution in [3.63, 3.8) is 0 Å². The predicted octanol–water partition coefficient (Wildman–Crippen LogP) is 3.88. The van der Waals surface area contributed by atoms with Crippen LogP contribution in [0, 0.1) is 17.8 Å². The summed E-state index contributed by atoms with van der Waals surface area (Å²) in [6.45, 7) is 0. The Morgan fingerprint density at radius 1 is 1.25 bits per heavy atom. The molecule has 0 heterocycles. The topological polar surface area (TPSA) is 41.5 Å². The van der Waals surface area contributed by atoms with Crippen LogP contribution in [0.3, 0.4) is 0 Å². The summed E-state index contributed by atoms with van der Waals surface area (Å²) < 4.78 is 0. The normalized spacial score (nSPS) is 28.2. The van der Waals surface area contributed by atoms with Crippen LogP contribution in [0.15, 0.2) is 23.3 Å². The molecule has 0 aromatic heterocycles. The largest absolute Gasteiger partial charge is 0.273 e. The Hall–Kier alpha value is -1.06. The maximum Gasteiger partial charge on any atom is 0.243 e. The molecule has 5 heteroatoms. The number of hydrogen-bond donors (Lipinski definition) is 1. The van der Waals surface area contributed by atoms with E-state index >= 15 is 0 Å².